The Morgan fingerprint density at radius 2 is 0.395 bits per heavy atom. The van der Waals surface area contributed by atoms with Crippen molar-refractivity contribution in [3.63, 3.8) is 0 Å². The van der Waals surface area contributed by atoms with E-state index < -0.39 is 25.8 Å². The molecular formula is C67H93NiO10P3. The predicted octanol–water partition coefficient (Wildman–Crippen LogP) is 22.2. The number of hydrogen-bond acceptors (Lipinski definition) is 10. The summed E-state index contributed by atoms with van der Waals surface area (Å²) in [6.45, 7) is 13.3. The summed E-state index contributed by atoms with van der Waals surface area (Å²) < 4.78 is 53.2. The molecule has 0 aliphatic carbocycles. The Balaban J connectivity index is 0.000000406. The maximum absolute atomic E-state index is 7.50. The number of benzene rings is 6. The van der Waals surface area contributed by atoms with E-state index >= 15 is 0 Å². The zero-order valence-corrected chi connectivity index (χ0v) is 52.3. The molecule has 446 valence electrons. The molecule has 0 aromatic heterocycles. The van der Waals surface area contributed by atoms with E-state index in [4.69, 9.17) is 45.5 Å². The van der Waals surface area contributed by atoms with Gasteiger partial charge in [0.05, 0.1) is 19.8 Å². The monoisotopic (exact) mass is 1210 g/mol. The van der Waals surface area contributed by atoms with Gasteiger partial charge in [0.25, 0.3) is 6.79 Å². The summed E-state index contributed by atoms with van der Waals surface area (Å²) in [5.74, 6) is 4.61. The first-order chi connectivity index (χ1) is 39.6. The summed E-state index contributed by atoms with van der Waals surface area (Å²) >= 11 is 0. The zero-order valence-electron chi connectivity index (χ0n) is 48.7. The third-order valence-corrected chi connectivity index (χ3v) is 15.5. The molecule has 0 aliphatic rings. The predicted molar refractivity (Wildman–Crippen MR) is 335 cm³/mol. The molecule has 0 saturated heterocycles. The Kier molecular flexibility index (Phi) is 47.9. The average Bonchev–Trinajstić information content (AvgIpc) is 3.50. The van der Waals surface area contributed by atoms with E-state index in [2.05, 4.69) is 27.6 Å². The summed E-state index contributed by atoms with van der Waals surface area (Å²) in [5.41, 5.74) is 0. The molecule has 0 unspecified atom stereocenters. The molecule has 14 heteroatoms. The van der Waals surface area contributed by atoms with Crippen molar-refractivity contribution < 1.29 is 62.0 Å². The molecule has 0 fully saturated rings. The minimum absolute atomic E-state index is 0. The van der Waals surface area contributed by atoms with Crippen molar-refractivity contribution in [3.8, 4) is 34.5 Å². The van der Waals surface area contributed by atoms with Gasteiger partial charge in [0.1, 0.15) is 34.5 Å². The van der Waals surface area contributed by atoms with Crippen LogP contribution in [0.2, 0.25) is 0 Å². The van der Waals surface area contributed by atoms with Crippen LogP contribution >= 0.6 is 25.8 Å². The Morgan fingerprint density at radius 1 is 0.247 bits per heavy atom. The zero-order chi connectivity index (χ0) is 56.9. The molecule has 0 bridgehead atoms. The van der Waals surface area contributed by atoms with Gasteiger partial charge in [-0.15, -0.1) is 0 Å². The summed E-state index contributed by atoms with van der Waals surface area (Å²) in [6, 6.07) is 58.2. The number of hydrogen-bond donors (Lipinski definition) is 0. The molecule has 0 saturated carbocycles. The van der Waals surface area contributed by atoms with Crippen molar-refractivity contribution in [1.29, 1.82) is 0 Å². The average molecular weight is 1210 g/mol. The first kappa shape index (κ1) is 72.6. The molecule has 6 rings (SSSR count). The molecule has 0 heterocycles. The molecule has 6 aromatic carbocycles. The summed E-state index contributed by atoms with van der Waals surface area (Å²) in [6.07, 6.45) is 30.7. The fourth-order valence-corrected chi connectivity index (χ4v) is 10.8. The van der Waals surface area contributed by atoms with Crippen LogP contribution in [0.5, 0.6) is 34.5 Å². The van der Waals surface area contributed by atoms with Gasteiger partial charge in [-0.3, -0.25) is 18.4 Å². The van der Waals surface area contributed by atoms with Crippen LogP contribution in [0.4, 0.5) is 0 Å². The Bertz CT molecular complexity index is 1840. The van der Waals surface area contributed by atoms with Crippen LogP contribution in [0.1, 0.15) is 175 Å². The second-order valence-electron chi connectivity index (χ2n) is 19.0. The third-order valence-electron chi connectivity index (χ3n) is 12.1. The second kappa shape index (κ2) is 53.5. The van der Waals surface area contributed by atoms with Gasteiger partial charge in [-0.2, -0.15) is 0 Å². The van der Waals surface area contributed by atoms with Crippen molar-refractivity contribution in [1.82, 2.24) is 0 Å². The van der Waals surface area contributed by atoms with E-state index in [1.54, 1.807) is 0 Å². The van der Waals surface area contributed by atoms with E-state index in [-0.39, 0.29) is 16.5 Å². The molecule has 0 atom stereocenters. The number of para-hydroxylation sites is 6. The normalized spacial score (nSPS) is 10.5. The Hall–Kier alpha value is -4.55. The quantitative estimate of drug-likeness (QED) is 0.0209. The van der Waals surface area contributed by atoms with Crippen molar-refractivity contribution in [2.45, 2.75) is 175 Å². The van der Waals surface area contributed by atoms with Gasteiger partial charge in [0.2, 0.25) is 0 Å². The van der Waals surface area contributed by atoms with E-state index in [1.165, 1.54) is 135 Å². The van der Waals surface area contributed by atoms with E-state index in [1.807, 2.05) is 182 Å². The minimum Gasteiger partial charge on any atom is -0.418 e. The van der Waals surface area contributed by atoms with Crippen LogP contribution in [0.3, 0.4) is 0 Å². The van der Waals surface area contributed by atoms with Crippen LogP contribution in [-0.4, -0.2) is 26.6 Å². The maximum Gasteiger partial charge on any atom is 0.463 e. The van der Waals surface area contributed by atoms with Crippen LogP contribution in [-0.2, 0) is 34.9 Å². The maximum atomic E-state index is 7.50. The standard InChI is InChI=1S/3C22H31O3P.CO.Ni/c3*1-2-3-4-5-6-7-8-15-20-23-26(24-21-16-11-9-12-17-21)25-22-18-13-10-14-19-22;1-2;/h3*9-14,16-19H,2-8,15,20H2,1H3;;. The SMILES string of the molecule is CCCCCCCCCCOP(Oc1ccccc1)Oc1ccccc1.CCCCCCCCCCOP(Oc1ccccc1)Oc1ccccc1.CCCCCCCCCCOP(Oc1ccccc1)Oc1ccccc1.[C]=O.[Ni]. The van der Waals surface area contributed by atoms with Crippen LogP contribution in [0, 0.1) is 0 Å². The second-order valence-corrected chi connectivity index (χ2v) is 22.2. The minimum atomic E-state index is -1.45. The van der Waals surface area contributed by atoms with Gasteiger partial charge in [0, 0.05) is 16.5 Å². The van der Waals surface area contributed by atoms with Gasteiger partial charge in [-0.1, -0.05) is 265 Å². The first-order valence-corrected chi connectivity index (χ1v) is 32.8. The van der Waals surface area contributed by atoms with Crippen LogP contribution < -0.4 is 27.1 Å². The molecule has 0 N–H and O–H groups in total. The van der Waals surface area contributed by atoms with E-state index in [0.717, 1.165) is 53.8 Å². The summed E-state index contributed by atoms with van der Waals surface area (Å²) in [5, 5.41) is 0. The molecule has 81 heavy (non-hydrogen) atoms. The van der Waals surface area contributed by atoms with Crippen LogP contribution in [0.15, 0.2) is 182 Å². The Morgan fingerprint density at radius 3 is 0.556 bits per heavy atom. The smallest absolute Gasteiger partial charge is 0.418 e. The van der Waals surface area contributed by atoms with E-state index in [0.29, 0.717) is 19.8 Å². The van der Waals surface area contributed by atoms with Gasteiger partial charge < -0.3 is 27.1 Å². The first-order valence-electron chi connectivity index (χ1n) is 29.5. The fraction of sp³-hybridized carbons (Fsp3) is 0.448. The van der Waals surface area contributed by atoms with Crippen molar-refractivity contribution in [2.75, 3.05) is 19.8 Å². The van der Waals surface area contributed by atoms with Gasteiger partial charge in [0.15, 0.2) is 0 Å². The summed E-state index contributed by atoms with van der Waals surface area (Å²) in [4.78, 5) is 7.50. The molecular weight excluding hydrogens is 1120 g/mol. The fourth-order valence-electron chi connectivity index (χ4n) is 7.74. The number of carbonyl (C=O) groups excluding carboxylic acids is 1. The molecule has 0 aliphatic heterocycles. The molecule has 6 aromatic rings. The Labute approximate surface area is 503 Å². The third kappa shape index (κ3) is 40.3. The van der Waals surface area contributed by atoms with Crippen molar-refractivity contribution in [2.24, 2.45) is 0 Å². The van der Waals surface area contributed by atoms with Gasteiger partial charge in [-0.25, -0.2) is 0 Å². The van der Waals surface area contributed by atoms with Gasteiger partial charge >= 0.3 is 25.8 Å². The van der Waals surface area contributed by atoms with Crippen molar-refractivity contribution in [3.05, 3.63) is 182 Å². The molecule has 0 amide bonds. The molecule has 10 nitrogen and oxygen atoms in total. The molecule has 2 radical (unpaired) electrons. The summed E-state index contributed by atoms with van der Waals surface area (Å²) in [7, 11) is -4.34. The van der Waals surface area contributed by atoms with E-state index in [9.17, 15) is 0 Å². The largest absolute Gasteiger partial charge is 0.463 e. The van der Waals surface area contributed by atoms with Crippen molar-refractivity contribution >= 4 is 32.6 Å². The number of rotatable bonds is 42. The van der Waals surface area contributed by atoms with Crippen LogP contribution in [0.25, 0.3) is 0 Å². The topological polar surface area (TPSA) is 100 Å². The van der Waals surface area contributed by atoms with Gasteiger partial charge in [-0.05, 0) is 92.1 Å². The number of unbranched alkanes of at least 4 members (excludes halogenated alkanes) is 21. The molecule has 0 spiro atoms.